The van der Waals surface area contributed by atoms with Crippen molar-refractivity contribution in [1.29, 1.82) is 0 Å². The zero-order chi connectivity index (χ0) is 28.7. The number of nitrogens with one attached hydrogen (secondary N) is 1. The van der Waals surface area contributed by atoms with Gasteiger partial charge in [0.2, 0.25) is 21.8 Å². The van der Waals surface area contributed by atoms with Crippen molar-refractivity contribution in [1.82, 2.24) is 10.2 Å². The molecular formula is C31H39N3O4S. The van der Waals surface area contributed by atoms with Crippen LogP contribution in [0.3, 0.4) is 0 Å². The van der Waals surface area contributed by atoms with E-state index in [0.29, 0.717) is 12.1 Å². The van der Waals surface area contributed by atoms with Gasteiger partial charge in [-0.25, -0.2) is 8.42 Å². The van der Waals surface area contributed by atoms with E-state index in [2.05, 4.69) is 5.32 Å². The molecule has 39 heavy (non-hydrogen) atoms. The van der Waals surface area contributed by atoms with Gasteiger partial charge in [-0.3, -0.25) is 13.9 Å². The van der Waals surface area contributed by atoms with Crippen LogP contribution >= 0.6 is 0 Å². The summed E-state index contributed by atoms with van der Waals surface area (Å²) < 4.78 is 27.2. The summed E-state index contributed by atoms with van der Waals surface area (Å²) in [4.78, 5) is 29.2. The first-order valence-corrected chi connectivity index (χ1v) is 14.9. The normalized spacial score (nSPS) is 12.2. The molecule has 2 amide bonds. The van der Waals surface area contributed by atoms with Gasteiger partial charge in [-0.15, -0.1) is 0 Å². The van der Waals surface area contributed by atoms with Crippen LogP contribution in [0.1, 0.15) is 41.7 Å². The van der Waals surface area contributed by atoms with Gasteiger partial charge >= 0.3 is 0 Å². The maximum Gasteiger partial charge on any atom is 0.244 e. The number of sulfonamides is 1. The highest BCUT2D eigenvalue weighted by Gasteiger charge is 2.33. The Morgan fingerprint density at radius 1 is 0.821 bits per heavy atom. The van der Waals surface area contributed by atoms with Crippen molar-refractivity contribution in [2.75, 3.05) is 17.1 Å². The minimum Gasteiger partial charge on any atom is -0.352 e. The van der Waals surface area contributed by atoms with Crippen molar-refractivity contribution in [3.8, 4) is 0 Å². The summed E-state index contributed by atoms with van der Waals surface area (Å²) in [5.41, 5.74) is 4.80. The molecule has 3 aromatic carbocycles. The lowest BCUT2D eigenvalue weighted by Crippen LogP contribution is -2.54. The van der Waals surface area contributed by atoms with E-state index >= 15 is 0 Å². The number of hydrogen-bond donors (Lipinski definition) is 1. The smallest absolute Gasteiger partial charge is 0.244 e. The van der Waals surface area contributed by atoms with Crippen LogP contribution in [0.25, 0.3) is 0 Å². The molecule has 7 nitrogen and oxygen atoms in total. The molecule has 0 fully saturated rings. The van der Waals surface area contributed by atoms with Crippen LogP contribution < -0.4 is 9.62 Å². The van der Waals surface area contributed by atoms with Crippen LogP contribution in [0.5, 0.6) is 0 Å². The molecule has 0 saturated carbocycles. The summed E-state index contributed by atoms with van der Waals surface area (Å²) in [5.74, 6) is -0.740. The molecular weight excluding hydrogens is 510 g/mol. The van der Waals surface area contributed by atoms with Crippen LogP contribution in [0.2, 0.25) is 0 Å². The fourth-order valence-electron chi connectivity index (χ4n) is 4.60. The van der Waals surface area contributed by atoms with Gasteiger partial charge in [0.25, 0.3) is 0 Å². The number of para-hydroxylation sites is 1. The maximum atomic E-state index is 14.1. The molecule has 3 aromatic rings. The number of amides is 2. The minimum absolute atomic E-state index is 0.130. The number of carbonyl (C=O) groups excluding carboxylic acids is 2. The van der Waals surface area contributed by atoms with Crippen LogP contribution in [-0.2, 0) is 32.6 Å². The number of aryl methyl sites for hydroxylation is 3. The summed E-state index contributed by atoms with van der Waals surface area (Å²) in [6, 6.07) is 21.8. The average molecular weight is 550 g/mol. The van der Waals surface area contributed by atoms with Gasteiger partial charge < -0.3 is 10.2 Å². The predicted octanol–water partition coefficient (Wildman–Crippen LogP) is 4.54. The Bertz CT molecular complexity index is 1370. The van der Waals surface area contributed by atoms with Gasteiger partial charge in [0.15, 0.2) is 0 Å². The monoisotopic (exact) mass is 549 g/mol. The fourth-order valence-corrected chi connectivity index (χ4v) is 5.56. The van der Waals surface area contributed by atoms with Gasteiger partial charge in [-0.2, -0.15) is 0 Å². The molecule has 0 aromatic heterocycles. The molecule has 0 aliphatic rings. The van der Waals surface area contributed by atoms with Crippen molar-refractivity contribution >= 4 is 27.5 Å². The third-order valence-electron chi connectivity index (χ3n) is 6.54. The molecule has 0 saturated heterocycles. The summed E-state index contributed by atoms with van der Waals surface area (Å²) in [5, 5.41) is 2.96. The Labute approximate surface area is 232 Å². The highest BCUT2D eigenvalue weighted by molar-refractivity contribution is 7.92. The molecule has 0 aliphatic heterocycles. The topological polar surface area (TPSA) is 86.8 Å². The standard InChI is InChI=1S/C31H39N3O4S/c1-22(2)32-31(36)28(19-26-13-8-7-9-14-26)33(20-27-17-15-23(3)16-18-27)29(35)21-34(39(6,37)38)30-24(4)11-10-12-25(30)5/h7-18,22,28H,19-21H2,1-6H3,(H,32,36)/t28-/m0/s1. The van der Waals surface area contributed by atoms with Crippen molar-refractivity contribution < 1.29 is 18.0 Å². The summed E-state index contributed by atoms with van der Waals surface area (Å²) in [6.45, 7) is 9.11. The maximum absolute atomic E-state index is 14.1. The second-order valence-corrected chi connectivity index (χ2v) is 12.3. The highest BCUT2D eigenvalue weighted by Crippen LogP contribution is 2.27. The number of nitrogens with zero attached hydrogens (tertiary/aromatic N) is 2. The Balaban J connectivity index is 2.08. The fraction of sp³-hybridized carbons (Fsp3) is 0.355. The first kappa shape index (κ1) is 29.9. The largest absolute Gasteiger partial charge is 0.352 e. The van der Waals surface area contributed by atoms with Gasteiger partial charge in [0, 0.05) is 19.0 Å². The lowest BCUT2D eigenvalue weighted by atomic mass is 10.0. The molecule has 208 valence electrons. The second-order valence-electron chi connectivity index (χ2n) is 10.4. The van der Waals surface area contributed by atoms with Crippen LogP contribution in [-0.4, -0.2) is 50.0 Å². The molecule has 1 atom stereocenters. The first-order chi connectivity index (χ1) is 18.4. The van der Waals surface area contributed by atoms with Crippen molar-refractivity contribution in [3.05, 3.63) is 101 Å². The zero-order valence-corrected chi connectivity index (χ0v) is 24.5. The molecule has 0 unspecified atom stereocenters. The van der Waals surface area contributed by atoms with E-state index in [0.717, 1.165) is 38.4 Å². The summed E-state index contributed by atoms with van der Waals surface area (Å²) in [6.07, 6.45) is 1.39. The molecule has 0 aliphatic carbocycles. The molecule has 3 rings (SSSR count). The summed E-state index contributed by atoms with van der Waals surface area (Å²) in [7, 11) is -3.81. The average Bonchev–Trinajstić information content (AvgIpc) is 2.86. The van der Waals surface area contributed by atoms with Gasteiger partial charge in [-0.1, -0.05) is 78.4 Å². The SMILES string of the molecule is Cc1ccc(CN(C(=O)CN(c2c(C)cccc2C)S(C)(=O)=O)[C@@H](Cc2ccccc2)C(=O)NC(C)C)cc1. The van der Waals surface area contributed by atoms with E-state index < -0.39 is 28.5 Å². The van der Waals surface area contributed by atoms with Crippen molar-refractivity contribution in [3.63, 3.8) is 0 Å². The Morgan fingerprint density at radius 3 is 1.95 bits per heavy atom. The highest BCUT2D eigenvalue weighted by atomic mass is 32.2. The Hall–Kier alpha value is -3.65. The number of rotatable bonds is 11. The number of hydrogen-bond acceptors (Lipinski definition) is 4. The van der Waals surface area contributed by atoms with E-state index in [1.165, 1.54) is 4.90 Å². The van der Waals surface area contributed by atoms with Crippen LogP contribution in [0, 0.1) is 20.8 Å². The van der Waals surface area contributed by atoms with Crippen molar-refractivity contribution in [2.45, 2.75) is 59.7 Å². The molecule has 0 spiro atoms. The quantitative estimate of drug-likeness (QED) is 0.380. The third kappa shape index (κ3) is 8.17. The lowest BCUT2D eigenvalue weighted by Gasteiger charge is -2.34. The van der Waals surface area contributed by atoms with E-state index in [4.69, 9.17) is 0 Å². The van der Waals surface area contributed by atoms with E-state index in [-0.39, 0.29) is 18.5 Å². The molecule has 0 bridgehead atoms. The van der Waals surface area contributed by atoms with Crippen molar-refractivity contribution in [2.24, 2.45) is 0 Å². The Morgan fingerprint density at radius 2 is 1.41 bits per heavy atom. The second kappa shape index (κ2) is 12.9. The number of anilines is 1. The molecule has 0 radical (unpaired) electrons. The molecule has 8 heteroatoms. The predicted molar refractivity (Wildman–Crippen MR) is 157 cm³/mol. The minimum atomic E-state index is -3.81. The third-order valence-corrected chi connectivity index (χ3v) is 7.66. The lowest BCUT2D eigenvalue weighted by molar-refractivity contribution is -0.140. The Kier molecular flexibility index (Phi) is 9.92. The van der Waals surface area contributed by atoms with Gasteiger partial charge in [-0.05, 0) is 56.9 Å². The number of benzene rings is 3. The van der Waals surface area contributed by atoms with Crippen LogP contribution in [0.15, 0.2) is 72.8 Å². The molecule has 0 heterocycles. The van der Waals surface area contributed by atoms with E-state index in [9.17, 15) is 18.0 Å². The zero-order valence-electron chi connectivity index (χ0n) is 23.6. The van der Waals surface area contributed by atoms with E-state index in [1.807, 2.05) is 107 Å². The molecule has 1 N–H and O–H groups in total. The van der Waals surface area contributed by atoms with Gasteiger partial charge in [0.05, 0.1) is 11.9 Å². The first-order valence-electron chi connectivity index (χ1n) is 13.1. The van der Waals surface area contributed by atoms with E-state index in [1.54, 1.807) is 0 Å². The summed E-state index contributed by atoms with van der Waals surface area (Å²) >= 11 is 0. The van der Waals surface area contributed by atoms with Crippen LogP contribution in [0.4, 0.5) is 5.69 Å². The number of carbonyl (C=O) groups is 2. The van der Waals surface area contributed by atoms with Gasteiger partial charge in [0.1, 0.15) is 12.6 Å².